The van der Waals surface area contributed by atoms with Crippen LogP contribution in [-0.2, 0) is 4.79 Å². The van der Waals surface area contributed by atoms with Crippen molar-refractivity contribution in [2.24, 2.45) is 0 Å². The Morgan fingerprint density at radius 1 is 0.867 bits per heavy atom. The number of rotatable bonds is 6. The number of amides is 1. The Morgan fingerprint density at radius 2 is 1.47 bits per heavy atom. The number of hydrogen-bond donors (Lipinski definition) is 0. The topological polar surface area (TPSA) is 58.6 Å². The van der Waals surface area contributed by atoms with Crippen LogP contribution in [0.4, 0.5) is 5.82 Å². The number of benzene rings is 2. The van der Waals surface area contributed by atoms with Crippen LogP contribution < -0.4 is 9.64 Å². The number of carbonyl (C=O) groups is 1. The molecule has 3 aromatic rings. The number of piperazine rings is 1. The highest BCUT2D eigenvalue weighted by Gasteiger charge is 2.30. The highest BCUT2D eigenvalue weighted by molar-refractivity contribution is 5.87. The van der Waals surface area contributed by atoms with Gasteiger partial charge in [0.2, 0.25) is 11.8 Å². The molecule has 2 heterocycles. The quantitative estimate of drug-likeness (QED) is 0.633. The summed E-state index contributed by atoms with van der Waals surface area (Å²) < 4.78 is 5.36. The molecule has 0 N–H and O–H groups in total. The lowest BCUT2D eigenvalue weighted by atomic mass is 9.90. The van der Waals surface area contributed by atoms with Crippen LogP contribution in [0.25, 0.3) is 0 Å². The van der Waals surface area contributed by atoms with Gasteiger partial charge in [-0.05, 0) is 24.1 Å². The summed E-state index contributed by atoms with van der Waals surface area (Å²) in [7, 11) is 0. The molecule has 6 heteroatoms. The van der Waals surface area contributed by atoms with E-state index in [0.29, 0.717) is 25.6 Å². The Bertz CT molecular complexity index is 900. The Kier molecular flexibility index (Phi) is 6.23. The number of carbonyl (C=O) groups excluding carboxylic acids is 1. The fourth-order valence-electron chi connectivity index (χ4n) is 3.81. The average Bonchev–Trinajstić information content (AvgIpc) is 2.81. The van der Waals surface area contributed by atoms with Crippen molar-refractivity contribution >= 4 is 11.7 Å². The molecule has 4 rings (SSSR count). The van der Waals surface area contributed by atoms with Gasteiger partial charge in [0.15, 0.2) is 5.82 Å². The molecule has 0 atom stereocenters. The van der Waals surface area contributed by atoms with E-state index >= 15 is 0 Å². The van der Waals surface area contributed by atoms with E-state index in [9.17, 15) is 4.79 Å². The van der Waals surface area contributed by atoms with E-state index < -0.39 is 0 Å². The van der Waals surface area contributed by atoms with Crippen LogP contribution >= 0.6 is 0 Å². The first-order chi connectivity index (χ1) is 14.8. The maximum absolute atomic E-state index is 13.5. The summed E-state index contributed by atoms with van der Waals surface area (Å²) in [6.45, 7) is 5.26. The Hall–Kier alpha value is -3.41. The van der Waals surface area contributed by atoms with Crippen LogP contribution in [0.1, 0.15) is 24.0 Å². The van der Waals surface area contributed by atoms with Gasteiger partial charge >= 0.3 is 0 Å². The predicted molar refractivity (Wildman–Crippen MR) is 117 cm³/mol. The lowest BCUT2D eigenvalue weighted by Gasteiger charge is -2.37. The van der Waals surface area contributed by atoms with Gasteiger partial charge in [0, 0.05) is 32.2 Å². The first kappa shape index (κ1) is 19.9. The fraction of sp³-hybridized carbons (Fsp3) is 0.292. The third-order valence-electron chi connectivity index (χ3n) is 5.35. The van der Waals surface area contributed by atoms with E-state index in [1.807, 2.05) is 84.6 Å². The Morgan fingerprint density at radius 3 is 1.97 bits per heavy atom. The number of hydrogen-bond acceptors (Lipinski definition) is 5. The third kappa shape index (κ3) is 4.43. The molecule has 0 aliphatic carbocycles. The zero-order valence-electron chi connectivity index (χ0n) is 17.1. The molecule has 2 aromatic carbocycles. The lowest BCUT2D eigenvalue weighted by molar-refractivity contribution is -0.132. The number of nitrogens with zero attached hydrogens (tertiary/aromatic N) is 4. The van der Waals surface area contributed by atoms with E-state index in [-0.39, 0.29) is 11.8 Å². The maximum Gasteiger partial charge on any atom is 0.234 e. The summed E-state index contributed by atoms with van der Waals surface area (Å²) >= 11 is 0. The van der Waals surface area contributed by atoms with Gasteiger partial charge in [0.1, 0.15) is 0 Å². The zero-order valence-corrected chi connectivity index (χ0v) is 17.1. The number of ether oxygens (including phenoxy) is 1. The van der Waals surface area contributed by atoms with Crippen LogP contribution in [0.3, 0.4) is 0 Å². The van der Waals surface area contributed by atoms with Gasteiger partial charge < -0.3 is 14.5 Å². The summed E-state index contributed by atoms with van der Waals surface area (Å²) in [5, 5.41) is 8.38. The van der Waals surface area contributed by atoms with Crippen molar-refractivity contribution in [3.63, 3.8) is 0 Å². The molecular formula is C24H26N4O2. The molecule has 30 heavy (non-hydrogen) atoms. The van der Waals surface area contributed by atoms with E-state index in [4.69, 9.17) is 4.74 Å². The molecule has 1 saturated heterocycles. The van der Waals surface area contributed by atoms with Gasteiger partial charge in [0.05, 0.1) is 12.5 Å². The van der Waals surface area contributed by atoms with E-state index in [1.165, 1.54) is 0 Å². The van der Waals surface area contributed by atoms with Crippen molar-refractivity contribution in [2.45, 2.75) is 12.8 Å². The normalized spacial score (nSPS) is 14.1. The van der Waals surface area contributed by atoms with Crippen molar-refractivity contribution < 1.29 is 9.53 Å². The first-order valence-electron chi connectivity index (χ1n) is 10.4. The molecule has 0 radical (unpaired) electrons. The third-order valence-corrected chi connectivity index (χ3v) is 5.35. The molecule has 0 bridgehead atoms. The highest BCUT2D eigenvalue weighted by atomic mass is 16.5. The summed E-state index contributed by atoms with van der Waals surface area (Å²) in [5.41, 5.74) is 2.04. The summed E-state index contributed by atoms with van der Waals surface area (Å²) in [6, 6.07) is 23.8. The number of anilines is 1. The van der Waals surface area contributed by atoms with Crippen LogP contribution in [0.2, 0.25) is 0 Å². The molecule has 154 valence electrons. The summed E-state index contributed by atoms with van der Waals surface area (Å²) in [4.78, 5) is 17.6. The fourth-order valence-corrected chi connectivity index (χ4v) is 3.81. The van der Waals surface area contributed by atoms with Gasteiger partial charge in [-0.3, -0.25) is 4.79 Å². The van der Waals surface area contributed by atoms with Crippen molar-refractivity contribution in [3.05, 3.63) is 83.9 Å². The second kappa shape index (κ2) is 9.39. The maximum atomic E-state index is 13.5. The predicted octanol–water partition coefficient (Wildman–Crippen LogP) is 3.36. The van der Waals surface area contributed by atoms with Crippen LogP contribution in [0.5, 0.6) is 5.88 Å². The molecule has 0 unspecified atom stereocenters. The zero-order chi connectivity index (χ0) is 20.8. The van der Waals surface area contributed by atoms with Gasteiger partial charge in [-0.1, -0.05) is 60.7 Å². The van der Waals surface area contributed by atoms with Crippen molar-refractivity contribution in [3.8, 4) is 5.88 Å². The molecule has 1 amide bonds. The minimum Gasteiger partial charge on any atom is -0.477 e. The van der Waals surface area contributed by atoms with Crippen LogP contribution in [0, 0.1) is 0 Å². The first-order valence-corrected chi connectivity index (χ1v) is 10.4. The van der Waals surface area contributed by atoms with Gasteiger partial charge in [-0.15, -0.1) is 10.2 Å². The van der Waals surface area contributed by atoms with E-state index in [1.54, 1.807) is 0 Å². The SMILES string of the molecule is CCOc1ccc(N2CCN(C(=O)C(c3ccccc3)c3ccccc3)CC2)nn1. The van der Waals surface area contributed by atoms with Crippen molar-refractivity contribution in [2.75, 3.05) is 37.7 Å². The van der Waals surface area contributed by atoms with Gasteiger partial charge in [-0.2, -0.15) is 0 Å². The number of aromatic nitrogens is 2. The second-order valence-electron chi connectivity index (χ2n) is 7.23. The minimum atomic E-state index is -0.288. The summed E-state index contributed by atoms with van der Waals surface area (Å²) in [5.74, 6) is 1.20. The van der Waals surface area contributed by atoms with E-state index in [2.05, 4.69) is 15.1 Å². The van der Waals surface area contributed by atoms with Crippen LogP contribution in [-0.4, -0.2) is 53.8 Å². The molecule has 1 fully saturated rings. The molecule has 1 aromatic heterocycles. The molecule has 6 nitrogen and oxygen atoms in total. The summed E-state index contributed by atoms with van der Waals surface area (Å²) in [6.07, 6.45) is 0. The average molecular weight is 402 g/mol. The van der Waals surface area contributed by atoms with Crippen LogP contribution in [0.15, 0.2) is 72.8 Å². The van der Waals surface area contributed by atoms with Gasteiger partial charge in [-0.25, -0.2) is 0 Å². The van der Waals surface area contributed by atoms with Crippen molar-refractivity contribution in [1.29, 1.82) is 0 Å². The standard InChI is InChI=1S/C24H26N4O2/c1-2-30-22-14-13-21(25-26-22)27-15-17-28(18-16-27)24(29)23(19-9-5-3-6-10-19)20-11-7-4-8-12-20/h3-14,23H,2,15-18H2,1H3. The Balaban J connectivity index is 1.47. The Labute approximate surface area is 177 Å². The highest BCUT2D eigenvalue weighted by Crippen LogP contribution is 2.27. The monoisotopic (exact) mass is 402 g/mol. The molecule has 0 spiro atoms. The molecular weight excluding hydrogens is 376 g/mol. The smallest absolute Gasteiger partial charge is 0.234 e. The lowest BCUT2D eigenvalue weighted by Crippen LogP contribution is -2.50. The van der Waals surface area contributed by atoms with E-state index in [0.717, 1.165) is 30.0 Å². The second-order valence-corrected chi connectivity index (χ2v) is 7.23. The largest absolute Gasteiger partial charge is 0.477 e. The molecule has 1 aliphatic rings. The van der Waals surface area contributed by atoms with Gasteiger partial charge in [0.25, 0.3) is 0 Å². The van der Waals surface area contributed by atoms with Crippen molar-refractivity contribution in [1.82, 2.24) is 15.1 Å². The molecule has 0 saturated carbocycles. The minimum absolute atomic E-state index is 0.143. The molecule has 1 aliphatic heterocycles.